The second-order valence-electron chi connectivity index (χ2n) is 7.59. The van der Waals surface area contributed by atoms with Gasteiger partial charge in [-0.15, -0.1) is 11.3 Å². The Morgan fingerprint density at radius 1 is 1.13 bits per heavy atom. The summed E-state index contributed by atoms with van der Waals surface area (Å²) in [6.07, 6.45) is 0.909. The lowest BCUT2D eigenvalue weighted by molar-refractivity contribution is 0.272. The first-order chi connectivity index (χ1) is 15.1. The third-order valence-electron chi connectivity index (χ3n) is 5.67. The van der Waals surface area contributed by atoms with Gasteiger partial charge in [-0.05, 0) is 48.4 Å². The van der Waals surface area contributed by atoms with E-state index in [2.05, 4.69) is 11.8 Å². The van der Waals surface area contributed by atoms with Crippen molar-refractivity contribution in [2.45, 2.75) is 30.8 Å². The van der Waals surface area contributed by atoms with E-state index in [0.29, 0.717) is 0 Å². The first-order valence-corrected chi connectivity index (χ1v) is 12.5. The lowest BCUT2D eigenvalue weighted by atomic mass is 10.1. The zero-order valence-electron chi connectivity index (χ0n) is 17.2. The number of para-hydroxylation sites is 1. The maximum Gasteiger partial charge on any atom is 0.267 e. The molecule has 2 aromatic carbocycles. The maximum absolute atomic E-state index is 13.8. The Bertz CT molecular complexity index is 1280. The van der Waals surface area contributed by atoms with Crippen LogP contribution in [0.15, 0.2) is 64.5 Å². The van der Waals surface area contributed by atoms with Gasteiger partial charge >= 0.3 is 0 Å². The van der Waals surface area contributed by atoms with Gasteiger partial charge in [0.05, 0.1) is 11.1 Å². The molecule has 0 amide bonds. The highest BCUT2D eigenvalue weighted by Crippen LogP contribution is 2.34. The van der Waals surface area contributed by atoms with Gasteiger partial charge in [0.2, 0.25) is 0 Å². The van der Waals surface area contributed by atoms with Crippen LogP contribution in [0.5, 0.6) is 0 Å². The standard InChI is InChI=1S/C24H22ClN3OS2/c1-2-27-13-12-19-20(14-27)31-22-21(19)23(29)28(18-6-4-3-5-7-18)24(26-22)30-15-16-8-10-17(25)11-9-16/h3-11H,2,12-15H2,1H3. The van der Waals surface area contributed by atoms with Gasteiger partial charge in [-0.2, -0.15) is 0 Å². The Hall–Kier alpha value is -2.12. The number of fused-ring (bicyclic) bond motifs is 3. The molecular formula is C24H22ClN3OS2. The van der Waals surface area contributed by atoms with Crippen molar-refractivity contribution in [3.63, 3.8) is 0 Å². The number of halogens is 1. The predicted molar refractivity (Wildman–Crippen MR) is 131 cm³/mol. The van der Waals surface area contributed by atoms with Gasteiger partial charge in [0.15, 0.2) is 5.16 Å². The highest BCUT2D eigenvalue weighted by molar-refractivity contribution is 7.98. The molecule has 4 aromatic rings. The molecule has 5 rings (SSSR count). The molecule has 3 heterocycles. The molecule has 0 N–H and O–H groups in total. The number of hydrogen-bond acceptors (Lipinski definition) is 5. The van der Waals surface area contributed by atoms with Crippen LogP contribution in [0, 0.1) is 0 Å². The molecule has 0 aliphatic carbocycles. The normalized spacial score (nSPS) is 14.1. The van der Waals surface area contributed by atoms with Gasteiger partial charge in [0.1, 0.15) is 4.83 Å². The predicted octanol–water partition coefficient (Wildman–Crippen LogP) is 5.77. The minimum atomic E-state index is 0.0391. The van der Waals surface area contributed by atoms with Crippen molar-refractivity contribution in [2.24, 2.45) is 0 Å². The number of thioether (sulfide) groups is 1. The highest BCUT2D eigenvalue weighted by Gasteiger charge is 2.25. The molecule has 2 aromatic heterocycles. The van der Waals surface area contributed by atoms with Crippen LogP contribution in [-0.4, -0.2) is 27.5 Å². The molecule has 4 nitrogen and oxygen atoms in total. The van der Waals surface area contributed by atoms with E-state index in [1.54, 1.807) is 27.7 Å². The van der Waals surface area contributed by atoms with E-state index < -0.39 is 0 Å². The van der Waals surface area contributed by atoms with Crippen molar-refractivity contribution in [2.75, 3.05) is 13.1 Å². The first kappa shape index (κ1) is 20.8. The number of thiophene rings is 1. The SMILES string of the molecule is CCN1CCc2c(sc3nc(SCc4ccc(Cl)cc4)n(-c4ccccc4)c(=O)c23)C1. The number of benzene rings is 2. The number of aromatic nitrogens is 2. The Morgan fingerprint density at radius 3 is 2.65 bits per heavy atom. The van der Waals surface area contributed by atoms with Crippen molar-refractivity contribution < 1.29 is 0 Å². The van der Waals surface area contributed by atoms with E-state index >= 15 is 0 Å². The van der Waals surface area contributed by atoms with Gasteiger partial charge in [0.25, 0.3) is 5.56 Å². The van der Waals surface area contributed by atoms with E-state index in [4.69, 9.17) is 16.6 Å². The Labute approximate surface area is 194 Å². The molecule has 31 heavy (non-hydrogen) atoms. The van der Waals surface area contributed by atoms with Crippen molar-refractivity contribution in [3.05, 3.63) is 86.0 Å². The van der Waals surface area contributed by atoms with E-state index in [1.165, 1.54) is 10.4 Å². The quantitative estimate of drug-likeness (QED) is 0.276. The van der Waals surface area contributed by atoms with E-state index in [0.717, 1.165) is 63.5 Å². The molecule has 0 spiro atoms. The molecule has 1 aliphatic rings. The van der Waals surface area contributed by atoms with Gasteiger partial charge in [-0.3, -0.25) is 14.3 Å². The van der Waals surface area contributed by atoms with Gasteiger partial charge < -0.3 is 0 Å². The maximum atomic E-state index is 13.8. The average Bonchev–Trinajstić information content (AvgIpc) is 3.17. The molecule has 0 saturated heterocycles. The first-order valence-electron chi connectivity index (χ1n) is 10.4. The van der Waals surface area contributed by atoms with E-state index in [1.807, 2.05) is 54.6 Å². The fourth-order valence-electron chi connectivity index (χ4n) is 3.98. The van der Waals surface area contributed by atoms with Crippen molar-refractivity contribution >= 4 is 44.9 Å². The van der Waals surface area contributed by atoms with Crippen molar-refractivity contribution in [1.29, 1.82) is 0 Å². The number of hydrogen-bond donors (Lipinski definition) is 0. The lowest BCUT2D eigenvalue weighted by Crippen LogP contribution is -2.30. The summed E-state index contributed by atoms with van der Waals surface area (Å²) in [4.78, 5) is 23.3. The van der Waals surface area contributed by atoms with E-state index in [9.17, 15) is 4.79 Å². The number of nitrogens with zero attached hydrogens (tertiary/aromatic N) is 3. The molecule has 0 bridgehead atoms. The van der Waals surface area contributed by atoms with Crippen LogP contribution >= 0.6 is 34.7 Å². The van der Waals surface area contributed by atoms with Crippen LogP contribution in [0.2, 0.25) is 5.02 Å². The fraction of sp³-hybridized carbons (Fsp3) is 0.250. The monoisotopic (exact) mass is 467 g/mol. The van der Waals surface area contributed by atoms with E-state index in [-0.39, 0.29) is 5.56 Å². The van der Waals surface area contributed by atoms with Crippen LogP contribution in [0.4, 0.5) is 0 Å². The average molecular weight is 468 g/mol. The minimum absolute atomic E-state index is 0.0391. The molecule has 0 saturated carbocycles. The number of likely N-dealkylation sites (N-methyl/N-ethyl adjacent to an activating group) is 1. The summed E-state index contributed by atoms with van der Waals surface area (Å²) in [5, 5.41) is 2.25. The van der Waals surface area contributed by atoms with Crippen LogP contribution in [-0.2, 0) is 18.7 Å². The summed E-state index contributed by atoms with van der Waals surface area (Å²) in [5.74, 6) is 0.719. The second kappa shape index (κ2) is 8.79. The van der Waals surface area contributed by atoms with Crippen LogP contribution in [0.3, 0.4) is 0 Å². The molecule has 0 atom stereocenters. The smallest absolute Gasteiger partial charge is 0.267 e. The molecule has 7 heteroatoms. The van der Waals surface area contributed by atoms with Crippen molar-refractivity contribution in [1.82, 2.24) is 14.5 Å². The second-order valence-corrected chi connectivity index (χ2v) is 10.1. The molecule has 0 radical (unpaired) electrons. The van der Waals surface area contributed by atoms with Crippen molar-refractivity contribution in [3.8, 4) is 5.69 Å². The lowest BCUT2D eigenvalue weighted by Gasteiger charge is -2.25. The summed E-state index contributed by atoms with van der Waals surface area (Å²) in [6.45, 7) is 5.11. The summed E-state index contributed by atoms with van der Waals surface area (Å²) < 4.78 is 1.78. The van der Waals surface area contributed by atoms with Gasteiger partial charge in [-0.25, -0.2) is 4.98 Å². The molecule has 1 aliphatic heterocycles. The summed E-state index contributed by atoms with van der Waals surface area (Å²) in [5.41, 5.74) is 3.23. The number of rotatable bonds is 5. The zero-order valence-corrected chi connectivity index (χ0v) is 19.6. The topological polar surface area (TPSA) is 38.1 Å². The Kier molecular flexibility index (Phi) is 5.89. The van der Waals surface area contributed by atoms with Crippen LogP contribution < -0.4 is 5.56 Å². The highest BCUT2D eigenvalue weighted by atomic mass is 35.5. The third kappa shape index (κ3) is 4.05. The summed E-state index contributed by atoms with van der Waals surface area (Å²) >= 11 is 9.29. The van der Waals surface area contributed by atoms with Crippen LogP contribution in [0.25, 0.3) is 15.9 Å². The summed E-state index contributed by atoms with van der Waals surface area (Å²) in [7, 11) is 0. The molecular weight excluding hydrogens is 446 g/mol. The summed E-state index contributed by atoms with van der Waals surface area (Å²) in [6, 6.07) is 17.6. The zero-order chi connectivity index (χ0) is 21.4. The minimum Gasteiger partial charge on any atom is -0.298 e. The van der Waals surface area contributed by atoms with Crippen LogP contribution in [0.1, 0.15) is 22.9 Å². The molecule has 0 unspecified atom stereocenters. The third-order valence-corrected chi connectivity index (χ3v) is 8.04. The molecule has 0 fully saturated rings. The molecule has 158 valence electrons. The van der Waals surface area contributed by atoms with Gasteiger partial charge in [-0.1, -0.05) is 60.6 Å². The fourth-order valence-corrected chi connectivity index (χ4v) is 6.37. The largest absolute Gasteiger partial charge is 0.298 e. The van der Waals surface area contributed by atoms with Gasteiger partial charge in [0, 0.05) is 28.7 Å². The Balaban J connectivity index is 1.62. The Morgan fingerprint density at radius 2 is 1.90 bits per heavy atom.